The monoisotopic (exact) mass is 705 g/mol. The van der Waals surface area contributed by atoms with Gasteiger partial charge in [-0.3, -0.25) is 9.59 Å². The maximum atomic E-state index is 14.3. The highest BCUT2D eigenvalue weighted by Crippen LogP contribution is 2.74. The molecule has 4 aliphatic rings. The molecule has 4 aliphatic carbocycles. The third kappa shape index (κ3) is 8.91. The van der Waals surface area contributed by atoms with Gasteiger partial charge in [-0.15, -0.1) is 0 Å². The van der Waals surface area contributed by atoms with Crippen LogP contribution in [0.1, 0.15) is 132 Å². The van der Waals surface area contributed by atoms with E-state index in [1.807, 2.05) is 0 Å². The van der Waals surface area contributed by atoms with Crippen LogP contribution in [0.2, 0.25) is 0 Å². The molecule has 7 N–H and O–H groups in total. The Balaban J connectivity index is 1.48. The van der Waals surface area contributed by atoms with Crippen molar-refractivity contribution in [2.45, 2.75) is 150 Å². The highest BCUT2D eigenvalue weighted by molar-refractivity contribution is 5.79. The minimum absolute atomic E-state index is 0.0580. The maximum Gasteiger partial charge on any atom is 0.302 e. The topological polar surface area (TPSA) is 146 Å². The van der Waals surface area contributed by atoms with Gasteiger partial charge in [-0.2, -0.15) is 0 Å². The van der Waals surface area contributed by atoms with E-state index < -0.39 is 6.10 Å². The summed E-state index contributed by atoms with van der Waals surface area (Å²) in [7, 11) is 0. The number of hydrogen-bond acceptors (Lipinski definition) is 8. The van der Waals surface area contributed by atoms with Gasteiger partial charge >= 0.3 is 5.97 Å². The number of esters is 1. The third-order valence-corrected chi connectivity index (χ3v) is 14.7. The summed E-state index contributed by atoms with van der Waals surface area (Å²) >= 11 is 0. The summed E-state index contributed by atoms with van der Waals surface area (Å²) in [6.07, 6.45) is 10.9. The molecule has 0 radical (unpaired) electrons. The lowest BCUT2D eigenvalue weighted by molar-refractivity contribution is -0.239. The lowest BCUT2D eigenvalue weighted by Crippen LogP contribution is -2.66. The number of aliphatic hydroxyl groups is 2. The van der Waals surface area contributed by atoms with Gasteiger partial charge in [0.15, 0.2) is 0 Å². The Kier molecular flexibility index (Phi) is 15.1. The summed E-state index contributed by atoms with van der Waals surface area (Å²) in [5.41, 5.74) is 5.14. The van der Waals surface area contributed by atoms with Crippen molar-refractivity contribution in [3.8, 4) is 0 Å². The minimum atomic E-state index is -0.487. The number of rotatable bonds is 19. The number of aliphatic hydroxyl groups excluding tert-OH is 2. The van der Waals surface area contributed by atoms with Crippen LogP contribution in [0.3, 0.4) is 0 Å². The Morgan fingerprint density at radius 1 is 0.840 bits per heavy atom. The van der Waals surface area contributed by atoms with Crippen molar-refractivity contribution in [2.24, 2.45) is 63.4 Å². The van der Waals surface area contributed by atoms with Crippen molar-refractivity contribution in [3.63, 3.8) is 0 Å². The van der Waals surface area contributed by atoms with Crippen LogP contribution in [0.25, 0.3) is 0 Å². The molecule has 12 atom stereocenters. The summed E-state index contributed by atoms with van der Waals surface area (Å²) in [5.74, 6) is 0.739. The number of hydrogen-bond donors (Lipinski definition) is 6. The Hall–Kier alpha value is -1.26. The number of carbonyl (C=O) groups is 2. The number of fused-ring (bicyclic) bond motifs is 5. The standard InChI is InChI=1S/C41H76N4O5/c1-27(2)13-10-14-30(38(49)45-24-12-23-44-21-9-8-20-43-22-11-19-42)36-32-25-34(48)37-39(5)17-16-33(47)28(3)31(39)15-18-40(37,6)41(32,7)26-35(36)50-29(4)46/h27-28,30-37,43-44,47-48H,8-26,42H2,1-7H3,(H,45,49)/t28-,30-,31?,32?,33-,34+,35-,36-,37?,39-,40-,41-/m0/s1. The van der Waals surface area contributed by atoms with E-state index in [1.54, 1.807) is 0 Å². The van der Waals surface area contributed by atoms with Gasteiger partial charge in [0, 0.05) is 25.3 Å². The van der Waals surface area contributed by atoms with Crippen molar-refractivity contribution >= 4 is 11.9 Å². The number of amides is 1. The largest absolute Gasteiger partial charge is 0.462 e. The highest BCUT2D eigenvalue weighted by atomic mass is 16.5. The average molecular weight is 705 g/mol. The molecule has 4 rings (SSSR count). The fraction of sp³-hybridized carbons (Fsp3) is 0.951. The van der Waals surface area contributed by atoms with Crippen LogP contribution in [0.4, 0.5) is 0 Å². The molecule has 4 fully saturated rings. The zero-order chi connectivity index (χ0) is 36.7. The smallest absolute Gasteiger partial charge is 0.302 e. The second-order valence-electron chi connectivity index (χ2n) is 18.2. The summed E-state index contributed by atoms with van der Waals surface area (Å²) in [6.45, 7) is 20.6. The second-order valence-corrected chi connectivity index (χ2v) is 18.2. The molecule has 0 heterocycles. The first-order valence-electron chi connectivity index (χ1n) is 20.6. The van der Waals surface area contributed by atoms with Gasteiger partial charge in [-0.05, 0) is 149 Å². The zero-order valence-electron chi connectivity index (χ0n) is 32.9. The Labute approximate surface area is 304 Å². The maximum absolute atomic E-state index is 14.3. The fourth-order valence-electron chi connectivity index (χ4n) is 12.1. The predicted octanol–water partition coefficient (Wildman–Crippen LogP) is 5.41. The molecule has 9 nitrogen and oxygen atoms in total. The minimum Gasteiger partial charge on any atom is -0.462 e. The molecular weight excluding hydrogens is 628 g/mol. The van der Waals surface area contributed by atoms with Crippen LogP contribution in [-0.4, -0.2) is 79.7 Å². The van der Waals surface area contributed by atoms with Crippen molar-refractivity contribution in [2.75, 3.05) is 39.3 Å². The summed E-state index contributed by atoms with van der Waals surface area (Å²) in [5, 5.41) is 33.4. The van der Waals surface area contributed by atoms with Crippen LogP contribution >= 0.6 is 0 Å². The number of carbonyl (C=O) groups excluding carboxylic acids is 2. The lowest BCUT2D eigenvalue weighted by atomic mass is 9.36. The fourth-order valence-corrected chi connectivity index (χ4v) is 12.1. The molecule has 0 bridgehead atoms. The van der Waals surface area contributed by atoms with Gasteiger partial charge in [-0.25, -0.2) is 0 Å². The van der Waals surface area contributed by atoms with Crippen LogP contribution < -0.4 is 21.7 Å². The molecule has 0 saturated heterocycles. The lowest BCUT2D eigenvalue weighted by Gasteiger charge is -2.69. The first-order valence-corrected chi connectivity index (χ1v) is 20.6. The Morgan fingerprint density at radius 3 is 2.14 bits per heavy atom. The first kappa shape index (κ1) is 41.5. The summed E-state index contributed by atoms with van der Waals surface area (Å²) in [4.78, 5) is 26.9. The number of nitrogens with two attached hydrogens (primary N) is 1. The molecule has 0 aromatic heterocycles. The van der Waals surface area contributed by atoms with Gasteiger partial charge in [-0.1, -0.05) is 54.4 Å². The van der Waals surface area contributed by atoms with E-state index in [9.17, 15) is 19.8 Å². The van der Waals surface area contributed by atoms with Gasteiger partial charge in [0.25, 0.3) is 0 Å². The first-order chi connectivity index (χ1) is 23.7. The van der Waals surface area contributed by atoms with Gasteiger partial charge in [0.2, 0.25) is 5.91 Å². The zero-order valence-corrected chi connectivity index (χ0v) is 32.9. The third-order valence-electron chi connectivity index (χ3n) is 14.7. The SMILES string of the molecule is CC(=O)O[C@H]1C[C@@]2(C)C(C[C@@H](O)C3[C@@]4(C)CC[C@H](O)[C@@H](C)C4CC[C@@]32C)[C@@H]1[C@H](CCCC(C)C)C(=O)NCCCNCCCCNCCCN. The molecule has 50 heavy (non-hydrogen) atoms. The van der Waals surface area contributed by atoms with E-state index in [0.717, 1.165) is 110 Å². The van der Waals surface area contributed by atoms with Gasteiger partial charge in [0.1, 0.15) is 6.10 Å². The number of unbranched alkanes of at least 4 members (excludes halogenated alkanes) is 1. The van der Waals surface area contributed by atoms with E-state index in [1.165, 1.54) is 6.92 Å². The molecule has 0 aliphatic heterocycles. The predicted molar refractivity (Wildman–Crippen MR) is 201 cm³/mol. The molecule has 9 heteroatoms. The number of ether oxygens (including phenoxy) is 1. The van der Waals surface area contributed by atoms with E-state index in [4.69, 9.17) is 10.5 Å². The Bertz CT molecular complexity index is 1090. The van der Waals surface area contributed by atoms with Gasteiger partial charge in [0.05, 0.1) is 12.2 Å². The van der Waals surface area contributed by atoms with Crippen LogP contribution in [0.15, 0.2) is 0 Å². The van der Waals surface area contributed by atoms with Crippen molar-refractivity contribution in [1.29, 1.82) is 0 Å². The van der Waals surface area contributed by atoms with Crippen LogP contribution in [0, 0.1) is 57.7 Å². The van der Waals surface area contributed by atoms with E-state index in [2.05, 4.69) is 57.5 Å². The summed E-state index contributed by atoms with van der Waals surface area (Å²) in [6, 6.07) is 0. The molecule has 3 unspecified atom stereocenters. The van der Waals surface area contributed by atoms with E-state index in [-0.39, 0.29) is 69.9 Å². The van der Waals surface area contributed by atoms with Crippen molar-refractivity contribution in [3.05, 3.63) is 0 Å². The van der Waals surface area contributed by atoms with E-state index >= 15 is 0 Å². The van der Waals surface area contributed by atoms with Crippen LogP contribution in [0.5, 0.6) is 0 Å². The van der Waals surface area contributed by atoms with Gasteiger partial charge < -0.3 is 36.6 Å². The van der Waals surface area contributed by atoms with Crippen LogP contribution in [-0.2, 0) is 14.3 Å². The second kappa shape index (κ2) is 18.2. The summed E-state index contributed by atoms with van der Waals surface area (Å²) < 4.78 is 6.23. The molecule has 0 aromatic carbocycles. The molecule has 1 amide bonds. The average Bonchev–Trinajstić information content (AvgIpc) is 3.32. The molecule has 290 valence electrons. The molecule has 4 saturated carbocycles. The van der Waals surface area contributed by atoms with E-state index in [0.29, 0.717) is 24.8 Å². The molecule has 0 spiro atoms. The number of nitrogens with one attached hydrogen (secondary N) is 3. The molecule has 0 aromatic rings. The normalized spacial score (nSPS) is 38.6. The van der Waals surface area contributed by atoms with Crippen molar-refractivity contribution < 1.29 is 24.5 Å². The highest BCUT2D eigenvalue weighted by Gasteiger charge is 2.72. The molecular formula is C41H76N4O5. The quantitative estimate of drug-likeness (QED) is 0.0774. The van der Waals surface area contributed by atoms with Crippen molar-refractivity contribution in [1.82, 2.24) is 16.0 Å². The Morgan fingerprint density at radius 2 is 1.50 bits per heavy atom.